The van der Waals surface area contributed by atoms with Crippen LogP contribution in [0.5, 0.6) is 0 Å². The minimum absolute atomic E-state index is 0.637. The number of aromatic nitrogens is 4. The first-order valence-electron chi connectivity index (χ1n) is 15.9. The van der Waals surface area contributed by atoms with Crippen LogP contribution in [0.4, 0.5) is 0 Å². The van der Waals surface area contributed by atoms with Gasteiger partial charge in [0.2, 0.25) is 0 Å². The summed E-state index contributed by atoms with van der Waals surface area (Å²) in [6.07, 6.45) is 1.87. The zero-order valence-corrected chi connectivity index (χ0v) is 25.3. The van der Waals surface area contributed by atoms with Crippen molar-refractivity contribution in [1.29, 1.82) is 0 Å². The van der Waals surface area contributed by atoms with E-state index >= 15 is 0 Å². The summed E-state index contributed by atoms with van der Waals surface area (Å²) in [5.41, 5.74) is 11.9. The second-order valence-corrected chi connectivity index (χ2v) is 12.0. The van der Waals surface area contributed by atoms with Crippen LogP contribution in [0.1, 0.15) is 0 Å². The van der Waals surface area contributed by atoms with Crippen molar-refractivity contribution >= 4 is 32.6 Å². The van der Waals surface area contributed by atoms with Gasteiger partial charge in [0.25, 0.3) is 0 Å². The van der Waals surface area contributed by atoms with Gasteiger partial charge in [0.15, 0.2) is 5.82 Å². The molecule has 47 heavy (non-hydrogen) atoms. The van der Waals surface area contributed by atoms with Gasteiger partial charge in [-0.15, -0.1) is 0 Å². The molecule has 0 aliphatic heterocycles. The standard InChI is InChI=1S/C43H26N4/c1-3-12-27(13-4-1)35-26-36(28-14-5-2-6-15-28)46-42(45-35)34-21-11-25-44-43(34)47-37-22-10-20-33-31-18-8-7-17-30(31)32-19-9-16-29-23-24-38(47)41(39(29)32)40(33)37/h1-26H. The summed E-state index contributed by atoms with van der Waals surface area (Å²) in [7, 11) is 0. The second kappa shape index (κ2) is 10.1. The maximum atomic E-state index is 5.19. The van der Waals surface area contributed by atoms with Crippen LogP contribution >= 0.6 is 0 Å². The Morgan fingerprint density at radius 2 is 0.979 bits per heavy atom. The summed E-state index contributed by atoms with van der Waals surface area (Å²) in [5, 5.41) is 5.00. The average Bonchev–Trinajstić information content (AvgIpc) is 3.43. The molecule has 1 aliphatic carbocycles. The van der Waals surface area contributed by atoms with Crippen molar-refractivity contribution in [2.24, 2.45) is 0 Å². The summed E-state index contributed by atoms with van der Waals surface area (Å²) in [5.74, 6) is 1.44. The van der Waals surface area contributed by atoms with E-state index in [4.69, 9.17) is 15.0 Å². The lowest BCUT2D eigenvalue weighted by atomic mass is 9.93. The van der Waals surface area contributed by atoms with E-state index in [1.165, 1.54) is 43.8 Å². The van der Waals surface area contributed by atoms with Gasteiger partial charge in [-0.25, -0.2) is 15.0 Å². The fourth-order valence-corrected chi connectivity index (χ4v) is 7.39. The molecule has 0 saturated carbocycles. The molecule has 3 aromatic heterocycles. The predicted octanol–water partition coefficient (Wildman–Crippen LogP) is 10.8. The molecule has 3 heterocycles. The third-order valence-corrected chi connectivity index (χ3v) is 9.41. The van der Waals surface area contributed by atoms with Crippen LogP contribution in [0, 0.1) is 0 Å². The molecule has 9 aromatic rings. The highest BCUT2D eigenvalue weighted by atomic mass is 15.1. The Bertz CT molecular complexity index is 2620. The van der Waals surface area contributed by atoms with Crippen LogP contribution in [-0.4, -0.2) is 19.5 Å². The first kappa shape index (κ1) is 25.9. The molecule has 6 aromatic carbocycles. The van der Waals surface area contributed by atoms with Gasteiger partial charge in [-0.05, 0) is 63.4 Å². The van der Waals surface area contributed by atoms with Gasteiger partial charge in [-0.1, -0.05) is 121 Å². The number of nitrogens with zero attached hydrogens (tertiary/aromatic N) is 4. The summed E-state index contributed by atoms with van der Waals surface area (Å²) in [4.78, 5) is 15.5. The van der Waals surface area contributed by atoms with E-state index in [9.17, 15) is 0 Å². The zero-order valence-electron chi connectivity index (χ0n) is 25.3. The van der Waals surface area contributed by atoms with Crippen LogP contribution in [0.15, 0.2) is 158 Å². The normalized spacial score (nSPS) is 11.8. The van der Waals surface area contributed by atoms with E-state index in [2.05, 4.69) is 114 Å². The molecule has 0 fully saturated rings. The lowest BCUT2D eigenvalue weighted by molar-refractivity contribution is 1.07. The Morgan fingerprint density at radius 3 is 1.68 bits per heavy atom. The summed E-state index contributed by atoms with van der Waals surface area (Å²) >= 11 is 0. The number of hydrogen-bond donors (Lipinski definition) is 0. The smallest absolute Gasteiger partial charge is 0.164 e. The molecule has 0 amide bonds. The quantitative estimate of drug-likeness (QED) is 0.202. The molecule has 0 N–H and O–H groups in total. The zero-order chi connectivity index (χ0) is 30.9. The van der Waals surface area contributed by atoms with Crippen molar-refractivity contribution in [2.45, 2.75) is 0 Å². The Balaban J connectivity index is 1.31. The minimum atomic E-state index is 0.637. The van der Waals surface area contributed by atoms with E-state index in [0.717, 1.165) is 44.9 Å². The van der Waals surface area contributed by atoms with Crippen LogP contribution in [0.2, 0.25) is 0 Å². The van der Waals surface area contributed by atoms with Crippen molar-refractivity contribution in [1.82, 2.24) is 19.5 Å². The number of rotatable bonds is 4. The van der Waals surface area contributed by atoms with Gasteiger partial charge in [0.1, 0.15) is 5.82 Å². The van der Waals surface area contributed by atoms with Crippen LogP contribution in [0.3, 0.4) is 0 Å². The van der Waals surface area contributed by atoms with Gasteiger partial charge in [-0.2, -0.15) is 0 Å². The van der Waals surface area contributed by atoms with Gasteiger partial charge >= 0.3 is 0 Å². The van der Waals surface area contributed by atoms with Gasteiger partial charge in [0.05, 0.1) is 28.0 Å². The van der Waals surface area contributed by atoms with Gasteiger partial charge in [0, 0.05) is 28.1 Å². The molecule has 0 atom stereocenters. The molecule has 1 aliphatic rings. The molecule has 0 unspecified atom stereocenters. The Labute approximate surface area is 271 Å². The average molecular weight is 599 g/mol. The third-order valence-electron chi connectivity index (χ3n) is 9.41. The topological polar surface area (TPSA) is 43.6 Å². The van der Waals surface area contributed by atoms with E-state index in [0.29, 0.717) is 5.82 Å². The largest absolute Gasteiger partial charge is 0.293 e. The lowest BCUT2D eigenvalue weighted by Gasteiger charge is -2.15. The van der Waals surface area contributed by atoms with E-state index in [1.807, 2.05) is 48.7 Å². The van der Waals surface area contributed by atoms with Crippen molar-refractivity contribution < 1.29 is 0 Å². The molecule has 0 spiro atoms. The van der Waals surface area contributed by atoms with Crippen LogP contribution in [-0.2, 0) is 0 Å². The first-order valence-corrected chi connectivity index (χ1v) is 15.9. The molecule has 4 heteroatoms. The summed E-state index contributed by atoms with van der Waals surface area (Å²) in [6, 6.07) is 53.3. The van der Waals surface area contributed by atoms with Gasteiger partial charge in [-0.3, -0.25) is 4.57 Å². The van der Waals surface area contributed by atoms with Crippen molar-refractivity contribution in [3.05, 3.63) is 158 Å². The van der Waals surface area contributed by atoms with E-state index in [1.54, 1.807) is 0 Å². The minimum Gasteiger partial charge on any atom is -0.293 e. The monoisotopic (exact) mass is 598 g/mol. The number of benzene rings is 6. The Hall–Kier alpha value is -6.39. The summed E-state index contributed by atoms with van der Waals surface area (Å²) < 4.78 is 2.31. The maximum absolute atomic E-state index is 5.19. The lowest BCUT2D eigenvalue weighted by Crippen LogP contribution is -2.03. The molecular weight excluding hydrogens is 573 g/mol. The van der Waals surface area contributed by atoms with Crippen LogP contribution in [0.25, 0.3) is 94.6 Å². The highest BCUT2D eigenvalue weighted by molar-refractivity contribution is 6.30. The van der Waals surface area contributed by atoms with Crippen molar-refractivity contribution in [3.63, 3.8) is 0 Å². The van der Waals surface area contributed by atoms with Gasteiger partial charge < -0.3 is 0 Å². The molecule has 0 saturated heterocycles. The first-order chi connectivity index (χ1) is 23.3. The number of fused-ring (bicyclic) bond motifs is 3. The maximum Gasteiger partial charge on any atom is 0.164 e. The predicted molar refractivity (Wildman–Crippen MR) is 192 cm³/mol. The second-order valence-electron chi connectivity index (χ2n) is 12.0. The SMILES string of the molecule is c1ccc(-c2cc(-c3ccccc3)nc(-c3cccnc3-n3c4cccc5c4c4c6c(cccc6ccc43)-c3ccccc3-5)n2)cc1. The van der Waals surface area contributed by atoms with Crippen molar-refractivity contribution in [2.75, 3.05) is 0 Å². The third kappa shape index (κ3) is 3.85. The fourth-order valence-electron chi connectivity index (χ4n) is 7.39. The molecule has 218 valence electrons. The Morgan fingerprint density at radius 1 is 0.404 bits per heavy atom. The molecule has 0 radical (unpaired) electrons. The number of pyridine rings is 1. The molecule has 4 nitrogen and oxygen atoms in total. The van der Waals surface area contributed by atoms with Crippen molar-refractivity contribution in [3.8, 4) is 62.0 Å². The molecule has 10 rings (SSSR count). The molecule has 0 bridgehead atoms. The summed E-state index contributed by atoms with van der Waals surface area (Å²) in [6.45, 7) is 0. The van der Waals surface area contributed by atoms with E-state index < -0.39 is 0 Å². The highest BCUT2D eigenvalue weighted by Gasteiger charge is 2.26. The Kier molecular flexibility index (Phi) is 5.54. The van der Waals surface area contributed by atoms with Crippen LogP contribution < -0.4 is 0 Å². The number of hydrogen-bond acceptors (Lipinski definition) is 3. The fraction of sp³-hybridized carbons (Fsp3) is 0. The molecular formula is C43H26N4. The van der Waals surface area contributed by atoms with E-state index in [-0.39, 0.29) is 0 Å². The highest BCUT2D eigenvalue weighted by Crippen LogP contribution is 2.49.